The minimum atomic E-state index is -0.170. The third-order valence-corrected chi connectivity index (χ3v) is 4.78. The van der Waals surface area contributed by atoms with E-state index in [1.807, 2.05) is 78.8 Å². The predicted octanol–water partition coefficient (Wildman–Crippen LogP) is 4.05. The zero-order valence-corrected chi connectivity index (χ0v) is 17.2. The van der Waals surface area contributed by atoms with Gasteiger partial charge in [-0.1, -0.05) is 0 Å². The Morgan fingerprint density at radius 2 is 1.80 bits per heavy atom. The fraction of sp³-hybridized carbons (Fsp3) is 0.174. The molecule has 7 heteroatoms. The van der Waals surface area contributed by atoms with Gasteiger partial charge < -0.3 is 14.6 Å². The van der Waals surface area contributed by atoms with Crippen molar-refractivity contribution in [3.8, 4) is 11.4 Å². The quantitative estimate of drug-likeness (QED) is 0.529. The van der Waals surface area contributed by atoms with Crippen LogP contribution in [0.25, 0.3) is 5.69 Å². The molecule has 0 aliphatic carbocycles. The van der Waals surface area contributed by atoms with Crippen LogP contribution in [0, 0.1) is 13.8 Å². The number of amides is 1. The van der Waals surface area contributed by atoms with Gasteiger partial charge in [-0.3, -0.25) is 4.79 Å². The summed E-state index contributed by atoms with van der Waals surface area (Å²) in [7, 11) is 1.92. The van der Waals surface area contributed by atoms with Crippen LogP contribution in [0.1, 0.15) is 27.6 Å². The van der Waals surface area contributed by atoms with Crippen LogP contribution in [0.4, 0.5) is 5.69 Å². The number of nitrogens with one attached hydrogen (secondary N) is 1. The second-order valence-corrected chi connectivity index (χ2v) is 7.11. The van der Waals surface area contributed by atoms with Crippen molar-refractivity contribution in [2.45, 2.75) is 20.5 Å². The van der Waals surface area contributed by atoms with E-state index in [1.54, 1.807) is 18.3 Å². The number of nitrogens with zero attached hydrogens (tertiary/aromatic N) is 4. The Balaban J connectivity index is 1.37. The van der Waals surface area contributed by atoms with Gasteiger partial charge in [-0.2, -0.15) is 5.10 Å². The highest BCUT2D eigenvalue weighted by Gasteiger charge is 2.09. The van der Waals surface area contributed by atoms with Crippen molar-refractivity contribution < 1.29 is 9.53 Å². The summed E-state index contributed by atoms with van der Waals surface area (Å²) in [5.74, 6) is 1.39. The summed E-state index contributed by atoms with van der Waals surface area (Å²) in [5, 5.41) is 7.37. The van der Waals surface area contributed by atoms with Gasteiger partial charge in [0.2, 0.25) is 0 Å². The minimum Gasteiger partial charge on any atom is -0.486 e. The van der Waals surface area contributed by atoms with Crippen LogP contribution in [0.15, 0.2) is 67.0 Å². The fourth-order valence-electron chi connectivity index (χ4n) is 3.17. The van der Waals surface area contributed by atoms with Gasteiger partial charge in [-0.05, 0) is 68.4 Å². The number of carbonyl (C=O) groups excluding carboxylic acids is 1. The Hall–Kier alpha value is -3.87. The molecule has 2 heterocycles. The van der Waals surface area contributed by atoms with Crippen LogP contribution in [0.5, 0.6) is 5.75 Å². The lowest BCUT2D eigenvalue weighted by molar-refractivity contribution is 0.102. The summed E-state index contributed by atoms with van der Waals surface area (Å²) in [6.45, 7) is 4.35. The average molecular weight is 401 g/mol. The molecule has 0 bridgehead atoms. The van der Waals surface area contributed by atoms with Gasteiger partial charge in [0.15, 0.2) is 0 Å². The largest absolute Gasteiger partial charge is 0.486 e. The lowest BCUT2D eigenvalue weighted by atomic mass is 10.2. The molecular formula is C23H23N5O2. The molecule has 4 rings (SSSR count). The molecule has 0 saturated heterocycles. The molecule has 1 N–H and O–H groups in total. The van der Waals surface area contributed by atoms with E-state index in [1.165, 1.54) is 0 Å². The number of ether oxygens (including phenoxy) is 1. The second kappa shape index (κ2) is 8.24. The molecule has 30 heavy (non-hydrogen) atoms. The number of hydrogen-bond donors (Lipinski definition) is 1. The maximum Gasteiger partial charge on any atom is 0.255 e. The van der Waals surface area contributed by atoms with Crippen molar-refractivity contribution in [1.82, 2.24) is 19.3 Å². The van der Waals surface area contributed by atoms with Crippen LogP contribution in [0.2, 0.25) is 0 Å². The van der Waals surface area contributed by atoms with E-state index in [0.717, 1.165) is 22.9 Å². The van der Waals surface area contributed by atoms with E-state index in [9.17, 15) is 4.79 Å². The Morgan fingerprint density at radius 1 is 1.07 bits per heavy atom. The molecule has 7 nitrogen and oxygen atoms in total. The van der Waals surface area contributed by atoms with Crippen LogP contribution in [-0.4, -0.2) is 25.2 Å². The van der Waals surface area contributed by atoms with Gasteiger partial charge in [0.05, 0.1) is 11.4 Å². The number of aromatic nitrogens is 4. The Bertz CT molecular complexity index is 1160. The molecule has 0 atom stereocenters. The Labute approximate surface area is 174 Å². The van der Waals surface area contributed by atoms with E-state index >= 15 is 0 Å². The van der Waals surface area contributed by atoms with Crippen LogP contribution in [0.3, 0.4) is 0 Å². The van der Waals surface area contributed by atoms with Crippen LogP contribution < -0.4 is 10.1 Å². The van der Waals surface area contributed by atoms with E-state index < -0.39 is 0 Å². The SMILES string of the molecule is Cc1cc(C)n(-c2ccc(C(=O)Nc3ccc(OCc4nccn4C)cc3)cc2)n1. The first-order chi connectivity index (χ1) is 14.5. The molecular weight excluding hydrogens is 378 g/mol. The number of rotatable bonds is 6. The molecule has 4 aromatic rings. The molecule has 0 unspecified atom stereocenters. The molecule has 0 fully saturated rings. The van der Waals surface area contributed by atoms with Gasteiger partial charge in [-0.15, -0.1) is 0 Å². The number of anilines is 1. The van der Waals surface area contributed by atoms with Crippen molar-refractivity contribution in [2.75, 3.05) is 5.32 Å². The molecule has 2 aromatic carbocycles. The summed E-state index contributed by atoms with van der Waals surface area (Å²) in [5.41, 5.74) is 4.21. The van der Waals surface area contributed by atoms with Gasteiger partial charge in [0.25, 0.3) is 5.91 Å². The number of aryl methyl sites for hydroxylation is 3. The van der Waals surface area contributed by atoms with Crippen molar-refractivity contribution in [3.05, 3.63) is 89.8 Å². The summed E-state index contributed by atoms with van der Waals surface area (Å²) in [6, 6.07) is 16.7. The Kier molecular flexibility index (Phi) is 5.34. The summed E-state index contributed by atoms with van der Waals surface area (Å²) >= 11 is 0. The van der Waals surface area contributed by atoms with E-state index in [2.05, 4.69) is 15.4 Å². The molecule has 2 aromatic heterocycles. The smallest absolute Gasteiger partial charge is 0.255 e. The fourth-order valence-corrected chi connectivity index (χ4v) is 3.17. The van der Waals surface area contributed by atoms with Crippen LogP contribution >= 0.6 is 0 Å². The van der Waals surface area contributed by atoms with E-state index in [0.29, 0.717) is 23.6 Å². The molecule has 0 aliphatic heterocycles. The van der Waals surface area contributed by atoms with Gasteiger partial charge in [0, 0.05) is 36.4 Å². The van der Waals surface area contributed by atoms with Crippen molar-refractivity contribution in [1.29, 1.82) is 0 Å². The monoisotopic (exact) mass is 401 g/mol. The number of benzene rings is 2. The number of imidazole rings is 1. The van der Waals surface area contributed by atoms with E-state index in [4.69, 9.17) is 4.74 Å². The standard InChI is InChI=1S/C23H23N5O2/c1-16-14-17(2)28(26-16)20-8-4-18(5-9-20)23(29)25-19-6-10-21(11-7-19)30-15-22-24-12-13-27(22)3/h4-14H,15H2,1-3H3,(H,25,29). The van der Waals surface area contributed by atoms with Crippen molar-refractivity contribution in [2.24, 2.45) is 7.05 Å². The summed E-state index contributed by atoms with van der Waals surface area (Å²) in [4.78, 5) is 16.8. The predicted molar refractivity (Wildman–Crippen MR) is 115 cm³/mol. The van der Waals surface area contributed by atoms with Crippen molar-refractivity contribution >= 4 is 11.6 Å². The third kappa shape index (κ3) is 4.25. The second-order valence-electron chi connectivity index (χ2n) is 7.11. The molecule has 1 amide bonds. The van der Waals surface area contributed by atoms with E-state index in [-0.39, 0.29) is 5.91 Å². The highest BCUT2D eigenvalue weighted by atomic mass is 16.5. The summed E-state index contributed by atoms with van der Waals surface area (Å²) < 4.78 is 9.51. The zero-order chi connectivity index (χ0) is 21.1. The normalized spacial score (nSPS) is 10.8. The summed E-state index contributed by atoms with van der Waals surface area (Å²) in [6.07, 6.45) is 3.61. The topological polar surface area (TPSA) is 74.0 Å². The molecule has 152 valence electrons. The first-order valence-corrected chi connectivity index (χ1v) is 9.64. The van der Waals surface area contributed by atoms with Gasteiger partial charge in [0.1, 0.15) is 18.2 Å². The number of carbonyl (C=O) groups is 1. The first kappa shape index (κ1) is 19.4. The van der Waals surface area contributed by atoms with Crippen molar-refractivity contribution in [3.63, 3.8) is 0 Å². The van der Waals surface area contributed by atoms with Crippen LogP contribution in [-0.2, 0) is 13.7 Å². The molecule has 0 saturated carbocycles. The highest BCUT2D eigenvalue weighted by molar-refractivity contribution is 6.04. The lowest BCUT2D eigenvalue weighted by Gasteiger charge is -2.09. The molecule has 0 aliphatic rings. The number of hydrogen-bond acceptors (Lipinski definition) is 4. The van der Waals surface area contributed by atoms with Gasteiger partial charge >= 0.3 is 0 Å². The maximum atomic E-state index is 12.6. The molecule has 0 radical (unpaired) electrons. The lowest BCUT2D eigenvalue weighted by Crippen LogP contribution is -2.12. The first-order valence-electron chi connectivity index (χ1n) is 9.64. The third-order valence-electron chi connectivity index (χ3n) is 4.78. The van der Waals surface area contributed by atoms with Gasteiger partial charge in [-0.25, -0.2) is 9.67 Å². The molecule has 0 spiro atoms. The minimum absolute atomic E-state index is 0.170. The zero-order valence-electron chi connectivity index (χ0n) is 17.2. The Morgan fingerprint density at radius 3 is 2.40 bits per heavy atom. The highest BCUT2D eigenvalue weighted by Crippen LogP contribution is 2.18. The average Bonchev–Trinajstić information content (AvgIpc) is 3.31. The maximum absolute atomic E-state index is 12.6.